The van der Waals surface area contributed by atoms with Gasteiger partial charge in [0, 0.05) is 18.0 Å². The van der Waals surface area contributed by atoms with E-state index in [1.165, 1.54) is 16.8 Å². The number of pyridine rings is 1. The zero-order chi connectivity index (χ0) is 25.9. The standard InChI is InChI=1S/C27H22ClN5O3S/c1-16-5-6-17(2)23(12-16)36-11-10-35-22-8-7-18(14-21(22)28)13-20-24(29)33-27(31-25(20)34)37-26(32-33)19-4-3-9-30-15-19/h3-9,12-15,29H,10-11H2,1-2H3/b20-13-,29-24?. The molecule has 0 atom stereocenters. The lowest BCUT2D eigenvalue weighted by Gasteiger charge is -2.20. The number of aryl methyl sites for hydroxylation is 2. The van der Waals surface area contributed by atoms with Crippen molar-refractivity contribution >= 4 is 51.4 Å². The maximum atomic E-state index is 12.7. The first-order valence-corrected chi connectivity index (χ1v) is 12.6. The van der Waals surface area contributed by atoms with E-state index in [-0.39, 0.29) is 11.4 Å². The predicted molar refractivity (Wildman–Crippen MR) is 147 cm³/mol. The highest BCUT2D eigenvalue weighted by molar-refractivity contribution is 8.27. The number of carbonyl (C=O) groups excluding carboxylic acids is 1. The number of aromatic nitrogens is 1. The molecule has 186 valence electrons. The van der Waals surface area contributed by atoms with Crippen molar-refractivity contribution in [1.82, 2.24) is 9.99 Å². The lowest BCUT2D eigenvalue weighted by Crippen LogP contribution is -2.35. The van der Waals surface area contributed by atoms with Crippen LogP contribution in [0.5, 0.6) is 11.5 Å². The van der Waals surface area contributed by atoms with E-state index in [9.17, 15) is 4.79 Å². The highest BCUT2D eigenvalue weighted by Crippen LogP contribution is 2.32. The summed E-state index contributed by atoms with van der Waals surface area (Å²) in [6, 6.07) is 14.9. The van der Waals surface area contributed by atoms with Crippen LogP contribution in [0.4, 0.5) is 0 Å². The number of amidine groups is 2. The average Bonchev–Trinajstić information content (AvgIpc) is 3.32. The maximum absolute atomic E-state index is 12.7. The molecule has 0 fully saturated rings. The van der Waals surface area contributed by atoms with Crippen LogP contribution in [0.25, 0.3) is 6.08 Å². The first kappa shape index (κ1) is 24.7. The van der Waals surface area contributed by atoms with Crippen LogP contribution in [0.1, 0.15) is 22.3 Å². The van der Waals surface area contributed by atoms with Gasteiger partial charge in [-0.2, -0.15) is 15.1 Å². The van der Waals surface area contributed by atoms with Crippen LogP contribution in [-0.4, -0.2) is 45.2 Å². The number of rotatable bonds is 7. The van der Waals surface area contributed by atoms with Crippen molar-refractivity contribution in [2.24, 2.45) is 10.1 Å². The Bertz CT molecular complexity index is 1490. The van der Waals surface area contributed by atoms with Crippen molar-refractivity contribution < 1.29 is 14.3 Å². The smallest absolute Gasteiger partial charge is 0.283 e. The molecule has 0 aliphatic carbocycles. The quantitative estimate of drug-likeness (QED) is 0.320. The number of hydrogen-bond acceptors (Lipinski definition) is 7. The molecular formula is C27H22ClN5O3S. The van der Waals surface area contributed by atoms with Crippen molar-refractivity contribution in [3.05, 3.63) is 93.8 Å². The van der Waals surface area contributed by atoms with Crippen LogP contribution < -0.4 is 9.47 Å². The molecule has 0 unspecified atom stereocenters. The van der Waals surface area contributed by atoms with E-state index >= 15 is 0 Å². The SMILES string of the molecule is Cc1ccc(C)c(OCCOc2ccc(/C=C3/C(=N)N4N=C(c5cccnc5)SC4=NC3=O)cc2Cl)c1. The number of thioether (sulfide) groups is 1. The van der Waals surface area contributed by atoms with Gasteiger partial charge in [-0.15, -0.1) is 0 Å². The molecule has 0 bridgehead atoms. The number of nitrogens with zero attached hydrogens (tertiary/aromatic N) is 4. The van der Waals surface area contributed by atoms with Gasteiger partial charge in [-0.05, 0) is 78.7 Å². The zero-order valence-corrected chi connectivity index (χ0v) is 21.6. The van der Waals surface area contributed by atoms with E-state index in [0.717, 1.165) is 22.4 Å². The summed E-state index contributed by atoms with van der Waals surface area (Å²) in [7, 11) is 0. The summed E-state index contributed by atoms with van der Waals surface area (Å²) in [5, 5.41) is 15.7. The Morgan fingerprint density at radius 3 is 2.65 bits per heavy atom. The Labute approximate surface area is 223 Å². The van der Waals surface area contributed by atoms with Crippen LogP contribution in [0.3, 0.4) is 0 Å². The van der Waals surface area contributed by atoms with E-state index < -0.39 is 5.91 Å². The topological polar surface area (TPSA) is 100 Å². The first-order valence-electron chi connectivity index (χ1n) is 11.4. The number of hydrogen-bond donors (Lipinski definition) is 1. The Morgan fingerprint density at radius 2 is 1.89 bits per heavy atom. The number of benzene rings is 2. The van der Waals surface area contributed by atoms with Crippen molar-refractivity contribution in [1.29, 1.82) is 5.41 Å². The van der Waals surface area contributed by atoms with Crippen LogP contribution in [0.15, 0.2) is 76.6 Å². The van der Waals surface area contributed by atoms with Gasteiger partial charge in [-0.3, -0.25) is 15.2 Å². The van der Waals surface area contributed by atoms with Crippen molar-refractivity contribution in [2.75, 3.05) is 13.2 Å². The summed E-state index contributed by atoms with van der Waals surface area (Å²) in [4.78, 5) is 20.9. The van der Waals surface area contributed by atoms with Gasteiger partial charge in [-0.1, -0.05) is 29.8 Å². The molecule has 5 rings (SSSR count). The fourth-order valence-electron chi connectivity index (χ4n) is 3.65. The molecule has 10 heteroatoms. The highest BCUT2D eigenvalue weighted by Gasteiger charge is 2.36. The summed E-state index contributed by atoms with van der Waals surface area (Å²) in [5.41, 5.74) is 3.74. The molecule has 0 saturated heterocycles. The Hall–Kier alpha value is -3.95. The molecule has 2 aromatic carbocycles. The van der Waals surface area contributed by atoms with E-state index in [1.807, 2.05) is 38.1 Å². The molecule has 2 aliphatic rings. The molecule has 3 aromatic rings. The Kier molecular flexibility index (Phi) is 7.07. The molecule has 2 aliphatic heterocycles. The minimum atomic E-state index is -0.508. The van der Waals surface area contributed by atoms with Gasteiger partial charge >= 0.3 is 0 Å². The van der Waals surface area contributed by atoms with Crippen molar-refractivity contribution in [3.8, 4) is 11.5 Å². The molecule has 0 spiro atoms. The fourth-order valence-corrected chi connectivity index (χ4v) is 4.78. The second-order valence-electron chi connectivity index (χ2n) is 8.32. The average molecular weight is 532 g/mol. The third-order valence-electron chi connectivity index (χ3n) is 5.57. The van der Waals surface area contributed by atoms with Crippen LogP contribution in [-0.2, 0) is 4.79 Å². The monoisotopic (exact) mass is 531 g/mol. The Morgan fingerprint density at radius 1 is 1.08 bits per heavy atom. The molecular weight excluding hydrogens is 510 g/mol. The number of nitrogens with one attached hydrogen (secondary N) is 1. The normalized spacial score (nSPS) is 16.0. The van der Waals surface area contributed by atoms with Gasteiger partial charge in [0.25, 0.3) is 5.91 Å². The van der Waals surface area contributed by atoms with E-state index in [0.29, 0.717) is 39.8 Å². The van der Waals surface area contributed by atoms with E-state index in [4.69, 9.17) is 26.5 Å². The summed E-state index contributed by atoms with van der Waals surface area (Å²) >= 11 is 7.66. The highest BCUT2D eigenvalue weighted by atomic mass is 35.5. The van der Waals surface area contributed by atoms with Gasteiger partial charge in [-0.25, -0.2) is 0 Å². The molecule has 37 heavy (non-hydrogen) atoms. The molecule has 1 aromatic heterocycles. The second kappa shape index (κ2) is 10.6. The summed E-state index contributed by atoms with van der Waals surface area (Å²) in [5.74, 6) is 0.767. The number of carbonyl (C=O) groups is 1. The number of amides is 1. The van der Waals surface area contributed by atoms with Crippen molar-refractivity contribution in [3.63, 3.8) is 0 Å². The van der Waals surface area contributed by atoms with Gasteiger partial charge < -0.3 is 9.47 Å². The fraction of sp³-hybridized carbons (Fsp3) is 0.148. The number of ether oxygens (including phenoxy) is 2. The summed E-state index contributed by atoms with van der Waals surface area (Å²) in [6.07, 6.45) is 4.92. The second-order valence-corrected chi connectivity index (χ2v) is 9.69. The van der Waals surface area contributed by atoms with Gasteiger partial charge in [0.05, 0.1) is 10.6 Å². The third-order valence-corrected chi connectivity index (χ3v) is 6.82. The largest absolute Gasteiger partial charge is 0.490 e. The zero-order valence-electron chi connectivity index (χ0n) is 20.1. The molecule has 1 amide bonds. The molecule has 8 nitrogen and oxygen atoms in total. The summed E-state index contributed by atoms with van der Waals surface area (Å²) < 4.78 is 11.6. The van der Waals surface area contributed by atoms with E-state index in [1.54, 1.807) is 42.7 Å². The van der Waals surface area contributed by atoms with Gasteiger partial charge in [0.1, 0.15) is 29.8 Å². The van der Waals surface area contributed by atoms with E-state index in [2.05, 4.69) is 15.1 Å². The predicted octanol–water partition coefficient (Wildman–Crippen LogP) is 5.48. The first-order chi connectivity index (χ1) is 17.9. The minimum Gasteiger partial charge on any atom is -0.490 e. The third kappa shape index (κ3) is 5.42. The molecule has 3 heterocycles. The molecule has 1 N–H and O–H groups in total. The van der Waals surface area contributed by atoms with Gasteiger partial charge in [0.15, 0.2) is 5.84 Å². The Balaban J connectivity index is 1.25. The lowest BCUT2D eigenvalue weighted by molar-refractivity contribution is -0.114. The van der Waals surface area contributed by atoms with Gasteiger partial charge in [0.2, 0.25) is 5.17 Å². The maximum Gasteiger partial charge on any atom is 0.283 e. The number of hydrazone groups is 1. The number of halogens is 1. The number of fused-ring (bicyclic) bond motifs is 1. The lowest BCUT2D eigenvalue weighted by atomic mass is 10.1. The number of aliphatic imine (C=N–C) groups is 1. The van der Waals surface area contributed by atoms with Crippen molar-refractivity contribution in [2.45, 2.75) is 13.8 Å². The van der Waals surface area contributed by atoms with Crippen LogP contribution >= 0.6 is 23.4 Å². The van der Waals surface area contributed by atoms with Crippen LogP contribution in [0, 0.1) is 19.3 Å². The summed E-state index contributed by atoms with van der Waals surface area (Å²) in [6.45, 7) is 4.70. The molecule has 0 saturated carbocycles. The minimum absolute atomic E-state index is 0.0542. The molecule has 0 radical (unpaired) electrons. The van der Waals surface area contributed by atoms with Crippen LogP contribution in [0.2, 0.25) is 5.02 Å².